The van der Waals surface area contributed by atoms with Crippen molar-refractivity contribution in [2.24, 2.45) is 0 Å². The van der Waals surface area contributed by atoms with Crippen molar-refractivity contribution in [3.8, 4) is 11.3 Å². The van der Waals surface area contributed by atoms with Crippen LogP contribution in [0.3, 0.4) is 0 Å². The number of hydrogen-bond donors (Lipinski definition) is 3. The third-order valence-electron chi connectivity index (χ3n) is 4.84. The van der Waals surface area contributed by atoms with Gasteiger partial charge in [0.1, 0.15) is 5.82 Å². The lowest BCUT2D eigenvalue weighted by atomic mass is 9.98. The summed E-state index contributed by atoms with van der Waals surface area (Å²) >= 11 is 0. The molecule has 0 fully saturated rings. The van der Waals surface area contributed by atoms with E-state index in [1.54, 1.807) is 0 Å². The van der Waals surface area contributed by atoms with Gasteiger partial charge < -0.3 is 16.2 Å². The molecule has 2 aromatic heterocycles. The van der Waals surface area contributed by atoms with Gasteiger partial charge in [-0.3, -0.25) is 0 Å². The van der Waals surface area contributed by atoms with Crippen LogP contribution in [0, 0.1) is 0 Å². The van der Waals surface area contributed by atoms with Crippen LogP contribution in [0.5, 0.6) is 0 Å². The molecule has 0 unspecified atom stereocenters. The molecule has 0 atom stereocenters. The number of benzene rings is 2. The van der Waals surface area contributed by atoms with Crippen LogP contribution in [0.2, 0.25) is 0 Å². The number of hydrogen-bond acceptors (Lipinski definition) is 6. The van der Waals surface area contributed by atoms with Crippen molar-refractivity contribution in [1.82, 2.24) is 15.0 Å². The molecule has 7 nitrogen and oxygen atoms in total. The maximum absolute atomic E-state index is 10.6. The SMILES string of the molecule is CNc1nc(N)nc2nc(-c3ccccc3)c(CCc3ccccc3)cc12.O=C(O)C(F)(F)F. The Labute approximate surface area is 193 Å². The van der Waals surface area contributed by atoms with Gasteiger partial charge in [-0.05, 0) is 30.0 Å². The fourth-order valence-corrected chi connectivity index (χ4v) is 3.26. The van der Waals surface area contributed by atoms with Crippen LogP contribution >= 0.6 is 0 Å². The van der Waals surface area contributed by atoms with Crippen molar-refractivity contribution in [3.05, 3.63) is 77.9 Å². The summed E-state index contributed by atoms with van der Waals surface area (Å²) in [7, 11) is 1.83. The molecule has 176 valence electrons. The van der Waals surface area contributed by atoms with Crippen molar-refractivity contribution in [2.75, 3.05) is 18.1 Å². The van der Waals surface area contributed by atoms with Gasteiger partial charge >= 0.3 is 12.1 Å². The second kappa shape index (κ2) is 10.6. The van der Waals surface area contributed by atoms with Crippen molar-refractivity contribution >= 4 is 28.8 Å². The lowest BCUT2D eigenvalue weighted by molar-refractivity contribution is -0.192. The van der Waals surface area contributed by atoms with E-state index in [1.807, 2.05) is 31.3 Å². The number of nitrogens with zero attached hydrogens (tertiary/aromatic N) is 3. The third kappa shape index (κ3) is 6.18. The second-order valence-corrected chi connectivity index (χ2v) is 7.20. The third-order valence-corrected chi connectivity index (χ3v) is 4.84. The number of pyridine rings is 1. The van der Waals surface area contributed by atoms with E-state index in [9.17, 15) is 13.2 Å². The van der Waals surface area contributed by atoms with Crippen LogP contribution < -0.4 is 11.1 Å². The van der Waals surface area contributed by atoms with Gasteiger partial charge in [0, 0.05) is 12.6 Å². The van der Waals surface area contributed by atoms with Crippen LogP contribution in [0.15, 0.2) is 66.7 Å². The molecule has 34 heavy (non-hydrogen) atoms. The predicted octanol–water partition coefficient (Wildman–Crippen LogP) is 4.73. The molecule has 0 spiro atoms. The quantitative estimate of drug-likeness (QED) is 0.387. The Bertz CT molecular complexity index is 1270. The maximum Gasteiger partial charge on any atom is 0.490 e. The van der Waals surface area contributed by atoms with Gasteiger partial charge in [-0.2, -0.15) is 23.1 Å². The van der Waals surface area contributed by atoms with Gasteiger partial charge in [-0.25, -0.2) is 9.78 Å². The molecular weight excluding hydrogens is 447 g/mol. The Hall–Kier alpha value is -4.21. The van der Waals surface area contributed by atoms with Crippen molar-refractivity contribution in [2.45, 2.75) is 19.0 Å². The van der Waals surface area contributed by atoms with Crippen LogP contribution in [0.1, 0.15) is 11.1 Å². The minimum absolute atomic E-state index is 0.218. The first kappa shape index (κ1) is 24.4. The van der Waals surface area contributed by atoms with E-state index < -0.39 is 12.1 Å². The molecule has 0 radical (unpaired) electrons. The number of halogens is 3. The number of aromatic nitrogens is 3. The van der Waals surface area contributed by atoms with E-state index in [1.165, 1.54) is 11.1 Å². The van der Waals surface area contributed by atoms with Crippen LogP contribution in [-0.4, -0.2) is 39.3 Å². The van der Waals surface area contributed by atoms with Gasteiger partial charge in [-0.1, -0.05) is 60.7 Å². The number of nitrogen functional groups attached to an aromatic ring is 1. The average Bonchev–Trinajstić information content (AvgIpc) is 2.82. The Balaban J connectivity index is 0.000000406. The molecule has 0 aliphatic heterocycles. The molecule has 0 bridgehead atoms. The summed E-state index contributed by atoms with van der Waals surface area (Å²) in [6.07, 6.45) is -3.26. The normalized spacial score (nSPS) is 10.9. The number of alkyl halides is 3. The predicted molar refractivity (Wildman–Crippen MR) is 124 cm³/mol. The number of nitrogens with two attached hydrogens (primary N) is 1. The highest BCUT2D eigenvalue weighted by atomic mass is 19.4. The molecule has 2 heterocycles. The monoisotopic (exact) mass is 469 g/mol. The molecule has 10 heteroatoms. The molecule has 0 aliphatic rings. The highest BCUT2D eigenvalue weighted by Crippen LogP contribution is 2.29. The Morgan fingerprint density at radius 1 is 0.971 bits per heavy atom. The Morgan fingerprint density at radius 2 is 1.56 bits per heavy atom. The second-order valence-electron chi connectivity index (χ2n) is 7.20. The van der Waals surface area contributed by atoms with Crippen molar-refractivity contribution < 1.29 is 23.1 Å². The minimum Gasteiger partial charge on any atom is -0.475 e. The number of fused-ring (bicyclic) bond motifs is 1. The number of rotatable bonds is 5. The number of aryl methyl sites for hydroxylation is 2. The number of anilines is 2. The smallest absolute Gasteiger partial charge is 0.475 e. The lowest BCUT2D eigenvalue weighted by Crippen LogP contribution is -2.21. The zero-order valence-electron chi connectivity index (χ0n) is 18.2. The molecule has 0 amide bonds. The molecule has 0 saturated heterocycles. The summed E-state index contributed by atoms with van der Waals surface area (Å²) in [5.74, 6) is -1.84. The first-order valence-corrected chi connectivity index (χ1v) is 10.2. The number of nitrogens with one attached hydrogen (secondary N) is 1. The summed E-state index contributed by atoms with van der Waals surface area (Å²) < 4.78 is 31.7. The molecule has 4 N–H and O–H groups in total. The minimum atomic E-state index is -5.08. The van der Waals surface area contributed by atoms with Gasteiger partial charge in [0.15, 0.2) is 5.65 Å². The van der Waals surface area contributed by atoms with Gasteiger partial charge in [0.25, 0.3) is 0 Å². The van der Waals surface area contributed by atoms with Gasteiger partial charge in [0.2, 0.25) is 5.95 Å². The number of carboxylic acid groups (broad SMARTS) is 1. The Morgan fingerprint density at radius 3 is 2.12 bits per heavy atom. The molecule has 0 saturated carbocycles. The van der Waals surface area contributed by atoms with E-state index >= 15 is 0 Å². The summed E-state index contributed by atoms with van der Waals surface area (Å²) in [6, 6.07) is 22.8. The van der Waals surface area contributed by atoms with Crippen LogP contribution in [0.4, 0.5) is 24.9 Å². The first-order valence-electron chi connectivity index (χ1n) is 10.2. The maximum atomic E-state index is 10.6. The molecule has 4 rings (SSSR count). The van der Waals surface area contributed by atoms with Crippen LogP contribution in [0.25, 0.3) is 22.3 Å². The number of aliphatic carboxylic acids is 1. The average molecular weight is 469 g/mol. The zero-order valence-corrected chi connectivity index (χ0v) is 18.2. The number of carboxylic acids is 1. The van der Waals surface area contributed by atoms with Crippen molar-refractivity contribution in [3.63, 3.8) is 0 Å². The number of carbonyl (C=O) groups is 1. The highest BCUT2D eigenvalue weighted by Gasteiger charge is 2.38. The fraction of sp³-hybridized carbons (Fsp3) is 0.167. The zero-order chi connectivity index (χ0) is 24.7. The van der Waals surface area contributed by atoms with Gasteiger partial charge in [0.05, 0.1) is 11.1 Å². The first-order chi connectivity index (χ1) is 16.2. The van der Waals surface area contributed by atoms with Crippen molar-refractivity contribution in [1.29, 1.82) is 0 Å². The topological polar surface area (TPSA) is 114 Å². The van der Waals surface area contributed by atoms with E-state index in [-0.39, 0.29) is 5.95 Å². The lowest BCUT2D eigenvalue weighted by Gasteiger charge is -2.13. The summed E-state index contributed by atoms with van der Waals surface area (Å²) in [6.45, 7) is 0. The highest BCUT2D eigenvalue weighted by molar-refractivity contribution is 5.90. The van der Waals surface area contributed by atoms with E-state index in [0.717, 1.165) is 29.5 Å². The largest absolute Gasteiger partial charge is 0.490 e. The summed E-state index contributed by atoms with van der Waals surface area (Å²) in [5, 5.41) is 11.1. The van der Waals surface area contributed by atoms with E-state index in [2.05, 4.69) is 57.7 Å². The summed E-state index contributed by atoms with van der Waals surface area (Å²) in [5.41, 5.74) is 11.0. The van der Waals surface area contributed by atoms with E-state index in [4.69, 9.17) is 20.6 Å². The Kier molecular flexibility index (Phi) is 7.62. The van der Waals surface area contributed by atoms with Crippen LogP contribution in [-0.2, 0) is 17.6 Å². The van der Waals surface area contributed by atoms with Gasteiger partial charge in [-0.15, -0.1) is 0 Å². The molecule has 4 aromatic rings. The van der Waals surface area contributed by atoms with E-state index in [0.29, 0.717) is 11.5 Å². The standard InChI is InChI=1S/C22H21N5.C2HF3O2/c1-24-20-18-14-17(13-12-15-8-4-2-5-9-15)19(16-10-6-3-7-11-16)25-21(18)27-22(23)26-20;3-2(4,5)1(6)7/h2-11,14H,12-13H2,1H3,(H3,23,24,25,26,27);(H,6,7). The molecular formula is C24H22F3N5O2. The molecule has 2 aromatic carbocycles. The summed E-state index contributed by atoms with van der Waals surface area (Å²) in [4.78, 5) is 22.4. The molecule has 0 aliphatic carbocycles. The fourth-order valence-electron chi connectivity index (χ4n) is 3.26.